The van der Waals surface area contributed by atoms with Gasteiger partial charge in [-0.3, -0.25) is 9.69 Å². The maximum absolute atomic E-state index is 12.2. The lowest BCUT2D eigenvalue weighted by Gasteiger charge is -2.37. The molecule has 1 aliphatic heterocycles. The monoisotopic (exact) mass is 479 g/mol. The topological polar surface area (TPSA) is 48.0 Å². The van der Waals surface area contributed by atoms with Crippen LogP contribution in [0.4, 0.5) is 0 Å². The van der Waals surface area contributed by atoms with Crippen LogP contribution < -0.4 is 4.74 Å². The molecular weight excluding hydrogens is 449 g/mol. The molecule has 2 atom stereocenters. The lowest BCUT2D eigenvalue weighted by molar-refractivity contribution is -0.156. The van der Waals surface area contributed by atoms with E-state index >= 15 is 0 Å². The van der Waals surface area contributed by atoms with Crippen LogP contribution in [0.15, 0.2) is 42.5 Å². The lowest BCUT2D eigenvalue weighted by atomic mass is 10.1. The molecule has 2 unspecified atom stereocenters. The van der Waals surface area contributed by atoms with E-state index in [0.29, 0.717) is 29.7 Å². The van der Waals surface area contributed by atoms with Crippen molar-refractivity contribution >= 4 is 29.2 Å². The van der Waals surface area contributed by atoms with E-state index in [4.69, 9.17) is 37.4 Å². The normalized spacial score (nSPS) is 18.2. The number of rotatable bonds is 7. The zero-order chi connectivity index (χ0) is 23.3. The number of carbonyl (C=O) groups is 1. The minimum atomic E-state index is -0.467. The van der Waals surface area contributed by atoms with Gasteiger partial charge in [-0.2, -0.15) is 0 Å². The van der Waals surface area contributed by atoms with Gasteiger partial charge in [-0.05, 0) is 57.5 Å². The molecule has 1 fully saturated rings. The average molecular weight is 480 g/mol. The minimum absolute atomic E-state index is 0.0584. The largest absolute Gasteiger partial charge is 0.489 e. The number of ether oxygens (including phenoxy) is 3. The Labute approximate surface area is 200 Å². The van der Waals surface area contributed by atoms with Crippen LogP contribution in [0.2, 0.25) is 10.0 Å². The average Bonchev–Trinajstić information content (AvgIpc) is 2.72. The van der Waals surface area contributed by atoms with Crippen LogP contribution in [0, 0.1) is 0 Å². The number of halogens is 2. The Kier molecular flexibility index (Phi) is 8.45. The zero-order valence-corrected chi connectivity index (χ0v) is 20.6. The van der Waals surface area contributed by atoms with Gasteiger partial charge in [0.05, 0.1) is 19.1 Å². The van der Waals surface area contributed by atoms with Gasteiger partial charge >= 0.3 is 5.97 Å². The number of hydrogen-bond acceptors (Lipinski definition) is 5. The molecule has 0 bridgehead atoms. The van der Waals surface area contributed by atoms with Gasteiger partial charge in [0, 0.05) is 34.7 Å². The Hall–Kier alpha value is -1.79. The van der Waals surface area contributed by atoms with Gasteiger partial charge in [-0.15, -0.1) is 0 Å². The van der Waals surface area contributed by atoms with Gasteiger partial charge in [0.15, 0.2) is 0 Å². The molecule has 7 heteroatoms. The smallest absolute Gasteiger partial charge is 0.307 e. The van der Waals surface area contributed by atoms with Crippen molar-refractivity contribution < 1.29 is 19.0 Å². The van der Waals surface area contributed by atoms with Crippen molar-refractivity contribution in [2.45, 2.75) is 58.5 Å². The first-order valence-corrected chi connectivity index (χ1v) is 11.6. The van der Waals surface area contributed by atoms with Crippen molar-refractivity contribution in [3.63, 3.8) is 0 Å². The summed E-state index contributed by atoms with van der Waals surface area (Å²) in [4.78, 5) is 14.5. The van der Waals surface area contributed by atoms with Crippen LogP contribution in [-0.4, -0.2) is 42.2 Å². The summed E-state index contributed by atoms with van der Waals surface area (Å²) in [5.74, 6) is 0.559. The summed E-state index contributed by atoms with van der Waals surface area (Å²) >= 11 is 12.4. The molecule has 0 saturated carbocycles. The third-order valence-corrected chi connectivity index (χ3v) is 6.01. The molecule has 32 heavy (non-hydrogen) atoms. The molecule has 3 rings (SSSR count). The highest BCUT2D eigenvalue weighted by molar-refractivity contribution is 6.35. The molecule has 0 aromatic heterocycles. The number of esters is 1. The summed E-state index contributed by atoms with van der Waals surface area (Å²) in [7, 11) is 0. The fourth-order valence-electron chi connectivity index (χ4n) is 3.63. The molecule has 5 nitrogen and oxygen atoms in total. The van der Waals surface area contributed by atoms with Crippen molar-refractivity contribution in [2.24, 2.45) is 0 Å². The second kappa shape index (κ2) is 10.9. The fourth-order valence-corrected chi connectivity index (χ4v) is 4.14. The van der Waals surface area contributed by atoms with Gasteiger partial charge in [0.2, 0.25) is 0 Å². The van der Waals surface area contributed by atoms with E-state index in [9.17, 15) is 4.79 Å². The molecule has 0 N–H and O–H groups in total. The molecule has 0 amide bonds. The van der Waals surface area contributed by atoms with Gasteiger partial charge < -0.3 is 14.2 Å². The van der Waals surface area contributed by atoms with Crippen LogP contribution in [0.3, 0.4) is 0 Å². The molecule has 0 radical (unpaired) electrons. The lowest BCUT2D eigenvalue weighted by Crippen LogP contribution is -2.44. The third kappa shape index (κ3) is 7.11. The van der Waals surface area contributed by atoms with E-state index in [1.54, 1.807) is 12.1 Å². The molecule has 174 valence electrons. The Bertz CT molecular complexity index is 891. The van der Waals surface area contributed by atoms with Crippen molar-refractivity contribution in [1.29, 1.82) is 0 Å². The molecule has 0 spiro atoms. The number of benzene rings is 2. The van der Waals surface area contributed by atoms with Crippen molar-refractivity contribution in [1.82, 2.24) is 4.90 Å². The molecular formula is C25H31Cl2NO4. The minimum Gasteiger partial charge on any atom is -0.489 e. The summed E-state index contributed by atoms with van der Waals surface area (Å²) in [5, 5.41) is 1.18. The van der Waals surface area contributed by atoms with Gasteiger partial charge in [0.25, 0.3) is 0 Å². The second-order valence-corrected chi connectivity index (χ2v) is 9.87. The first-order valence-electron chi connectivity index (χ1n) is 10.9. The summed E-state index contributed by atoms with van der Waals surface area (Å²) < 4.78 is 17.3. The Morgan fingerprint density at radius 1 is 1.16 bits per heavy atom. The highest BCUT2D eigenvalue weighted by Crippen LogP contribution is 2.28. The van der Waals surface area contributed by atoms with Crippen molar-refractivity contribution in [2.75, 3.05) is 19.7 Å². The van der Waals surface area contributed by atoms with Crippen LogP contribution in [0.5, 0.6) is 5.75 Å². The SMILES string of the molecule is CC(CC(=O)OC(C)(C)C)N1CCOC(c2ccc(OCc3c(Cl)cccc3Cl)cc2)C1. The maximum Gasteiger partial charge on any atom is 0.307 e. The summed E-state index contributed by atoms with van der Waals surface area (Å²) in [5.41, 5.74) is 1.37. The zero-order valence-electron chi connectivity index (χ0n) is 19.1. The molecule has 1 saturated heterocycles. The predicted molar refractivity (Wildman–Crippen MR) is 127 cm³/mol. The van der Waals surface area contributed by atoms with Gasteiger partial charge in [-0.1, -0.05) is 41.4 Å². The maximum atomic E-state index is 12.2. The summed E-state index contributed by atoms with van der Waals surface area (Å²) in [6, 6.07) is 13.4. The Morgan fingerprint density at radius 3 is 2.44 bits per heavy atom. The number of nitrogens with zero attached hydrogens (tertiary/aromatic N) is 1. The van der Waals surface area contributed by atoms with E-state index in [0.717, 1.165) is 30.0 Å². The third-order valence-electron chi connectivity index (χ3n) is 5.30. The molecule has 1 aliphatic rings. The number of morpholine rings is 1. The molecule has 2 aromatic carbocycles. The van der Waals surface area contributed by atoms with Crippen LogP contribution in [0.25, 0.3) is 0 Å². The molecule has 0 aliphatic carbocycles. The van der Waals surface area contributed by atoms with Gasteiger partial charge in [0.1, 0.15) is 18.0 Å². The summed E-state index contributed by atoms with van der Waals surface area (Å²) in [6.07, 6.45) is 0.304. The second-order valence-electron chi connectivity index (χ2n) is 9.05. The highest BCUT2D eigenvalue weighted by Gasteiger charge is 2.28. The van der Waals surface area contributed by atoms with E-state index in [1.807, 2.05) is 51.1 Å². The van der Waals surface area contributed by atoms with E-state index in [2.05, 4.69) is 11.8 Å². The van der Waals surface area contributed by atoms with Crippen LogP contribution >= 0.6 is 23.2 Å². The Morgan fingerprint density at radius 2 is 1.81 bits per heavy atom. The Balaban J connectivity index is 1.55. The van der Waals surface area contributed by atoms with Crippen LogP contribution in [0.1, 0.15) is 51.3 Å². The number of hydrogen-bond donors (Lipinski definition) is 0. The van der Waals surface area contributed by atoms with Crippen molar-refractivity contribution in [3.8, 4) is 5.75 Å². The fraction of sp³-hybridized carbons (Fsp3) is 0.480. The standard InChI is InChI=1S/C25H31Cl2NO4/c1-17(14-24(29)32-25(2,3)4)28-12-13-30-23(15-28)18-8-10-19(11-9-18)31-16-20-21(26)6-5-7-22(20)27/h5-11,17,23H,12-16H2,1-4H3. The molecule has 2 aromatic rings. The molecule has 1 heterocycles. The van der Waals surface area contributed by atoms with E-state index in [1.165, 1.54) is 0 Å². The summed E-state index contributed by atoms with van der Waals surface area (Å²) in [6.45, 7) is 10.1. The quantitative estimate of drug-likeness (QED) is 0.451. The highest BCUT2D eigenvalue weighted by atomic mass is 35.5. The van der Waals surface area contributed by atoms with Crippen LogP contribution in [-0.2, 0) is 20.9 Å². The van der Waals surface area contributed by atoms with E-state index < -0.39 is 5.60 Å². The predicted octanol–water partition coefficient (Wildman–Crippen LogP) is 6.07. The first kappa shape index (κ1) is 24.8. The first-order chi connectivity index (χ1) is 15.1. The van der Waals surface area contributed by atoms with Gasteiger partial charge in [-0.25, -0.2) is 0 Å². The number of carbonyl (C=O) groups excluding carboxylic acids is 1. The van der Waals surface area contributed by atoms with E-state index in [-0.39, 0.29) is 18.1 Å². The van der Waals surface area contributed by atoms with Crippen molar-refractivity contribution in [3.05, 3.63) is 63.6 Å².